The third kappa shape index (κ3) is 2.54. The Morgan fingerprint density at radius 3 is 2.94 bits per heavy atom. The Morgan fingerprint density at radius 2 is 2.35 bits per heavy atom. The van der Waals surface area contributed by atoms with Gasteiger partial charge in [0.05, 0.1) is 12.3 Å². The second-order valence-electron chi connectivity index (χ2n) is 3.91. The number of hydrogen-bond acceptors (Lipinski definition) is 3. The number of nitrogens with zero attached hydrogens (tertiary/aromatic N) is 1. The number of hydrogen-bond donors (Lipinski definition) is 1. The van der Waals surface area contributed by atoms with Gasteiger partial charge in [0.25, 0.3) is 0 Å². The second-order valence-corrected chi connectivity index (χ2v) is 4.64. The third-order valence-corrected chi connectivity index (χ3v) is 2.96. The van der Waals surface area contributed by atoms with E-state index in [1.165, 1.54) is 12.1 Å². The number of amides is 1. The summed E-state index contributed by atoms with van der Waals surface area (Å²) in [5, 5.41) is 0.0297. The van der Waals surface area contributed by atoms with E-state index in [0.29, 0.717) is 31.0 Å². The standard InChI is InChI=1S/C12H14FNO2S/c1-2-16-11-5-8(13)3-4-10(11)14-7-9(17)6-12(14)15/h3-5,9,17H,2,6-7H2,1H3. The van der Waals surface area contributed by atoms with Crippen LogP contribution in [0.15, 0.2) is 18.2 Å². The van der Waals surface area contributed by atoms with Crippen LogP contribution in [0.25, 0.3) is 0 Å². The highest BCUT2D eigenvalue weighted by molar-refractivity contribution is 7.81. The number of rotatable bonds is 3. The van der Waals surface area contributed by atoms with E-state index in [1.54, 1.807) is 11.0 Å². The molecule has 0 saturated carbocycles. The maximum atomic E-state index is 13.1. The molecule has 92 valence electrons. The smallest absolute Gasteiger partial charge is 0.228 e. The summed E-state index contributed by atoms with van der Waals surface area (Å²) in [5.74, 6) is 0.0344. The van der Waals surface area contributed by atoms with Crippen molar-refractivity contribution in [3.05, 3.63) is 24.0 Å². The number of thiol groups is 1. The molecule has 2 rings (SSSR count). The summed E-state index contributed by atoms with van der Waals surface area (Å²) >= 11 is 4.29. The van der Waals surface area contributed by atoms with Gasteiger partial charge in [-0.05, 0) is 19.1 Å². The highest BCUT2D eigenvalue weighted by Gasteiger charge is 2.30. The number of benzene rings is 1. The van der Waals surface area contributed by atoms with Crippen molar-refractivity contribution in [2.45, 2.75) is 18.6 Å². The van der Waals surface area contributed by atoms with Crippen LogP contribution in [0.1, 0.15) is 13.3 Å². The van der Waals surface area contributed by atoms with Gasteiger partial charge < -0.3 is 9.64 Å². The molecule has 0 N–H and O–H groups in total. The molecule has 17 heavy (non-hydrogen) atoms. The van der Waals surface area contributed by atoms with Crippen LogP contribution < -0.4 is 9.64 Å². The predicted molar refractivity (Wildman–Crippen MR) is 67.3 cm³/mol. The molecule has 1 fully saturated rings. The number of carbonyl (C=O) groups is 1. The summed E-state index contributed by atoms with van der Waals surface area (Å²) in [6.45, 7) is 2.79. The molecule has 0 bridgehead atoms. The van der Waals surface area contributed by atoms with E-state index in [0.717, 1.165) is 0 Å². The fourth-order valence-corrected chi connectivity index (χ4v) is 2.22. The average molecular weight is 255 g/mol. The number of anilines is 1. The Hall–Kier alpha value is -1.23. The molecule has 1 aromatic rings. The molecule has 1 amide bonds. The molecular formula is C12H14FNO2S. The van der Waals surface area contributed by atoms with Crippen molar-refractivity contribution in [1.82, 2.24) is 0 Å². The van der Waals surface area contributed by atoms with E-state index in [4.69, 9.17) is 4.74 Å². The zero-order chi connectivity index (χ0) is 12.4. The van der Waals surface area contributed by atoms with E-state index in [9.17, 15) is 9.18 Å². The summed E-state index contributed by atoms with van der Waals surface area (Å²) in [6, 6.07) is 4.21. The first kappa shape index (κ1) is 12.2. The maximum Gasteiger partial charge on any atom is 0.228 e. The Bertz CT molecular complexity index is 439. The fraction of sp³-hybridized carbons (Fsp3) is 0.417. The van der Waals surface area contributed by atoms with Gasteiger partial charge in [0, 0.05) is 24.3 Å². The molecular weight excluding hydrogens is 241 g/mol. The predicted octanol–water partition coefficient (Wildman–Crippen LogP) is 2.26. The molecule has 0 aliphatic carbocycles. The molecule has 1 aliphatic heterocycles. The molecule has 1 heterocycles. The maximum absolute atomic E-state index is 13.1. The van der Waals surface area contributed by atoms with Crippen molar-refractivity contribution < 1.29 is 13.9 Å². The van der Waals surface area contributed by atoms with Crippen molar-refractivity contribution in [2.75, 3.05) is 18.1 Å². The van der Waals surface area contributed by atoms with Gasteiger partial charge in [-0.25, -0.2) is 4.39 Å². The van der Waals surface area contributed by atoms with Crippen LogP contribution >= 0.6 is 12.6 Å². The van der Waals surface area contributed by atoms with E-state index < -0.39 is 0 Å². The molecule has 1 unspecified atom stereocenters. The monoisotopic (exact) mass is 255 g/mol. The minimum absolute atomic E-state index is 0.00226. The lowest BCUT2D eigenvalue weighted by atomic mass is 10.2. The lowest BCUT2D eigenvalue weighted by molar-refractivity contribution is -0.117. The van der Waals surface area contributed by atoms with E-state index in [2.05, 4.69) is 12.6 Å². The summed E-state index contributed by atoms with van der Waals surface area (Å²) < 4.78 is 18.5. The molecule has 1 aliphatic rings. The lowest BCUT2D eigenvalue weighted by Gasteiger charge is -2.19. The lowest BCUT2D eigenvalue weighted by Crippen LogP contribution is -2.25. The first-order chi connectivity index (χ1) is 8.11. The quantitative estimate of drug-likeness (QED) is 0.840. The minimum Gasteiger partial charge on any atom is -0.492 e. The Balaban J connectivity index is 2.34. The zero-order valence-corrected chi connectivity index (χ0v) is 10.4. The van der Waals surface area contributed by atoms with Crippen molar-refractivity contribution >= 4 is 24.2 Å². The van der Waals surface area contributed by atoms with Gasteiger partial charge in [-0.1, -0.05) is 0 Å². The fourth-order valence-electron chi connectivity index (χ4n) is 1.90. The van der Waals surface area contributed by atoms with Crippen molar-refractivity contribution in [1.29, 1.82) is 0 Å². The van der Waals surface area contributed by atoms with Gasteiger partial charge in [0.1, 0.15) is 11.6 Å². The molecule has 0 aromatic heterocycles. The SMILES string of the molecule is CCOc1cc(F)ccc1N1CC(S)CC1=O. The highest BCUT2D eigenvalue weighted by atomic mass is 32.1. The molecule has 5 heteroatoms. The first-order valence-corrected chi connectivity index (χ1v) is 6.04. The molecule has 1 atom stereocenters. The largest absolute Gasteiger partial charge is 0.492 e. The van der Waals surface area contributed by atoms with Gasteiger partial charge >= 0.3 is 0 Å². The van der Waals surface area contributed by atoms with Gasteiger partial charge in [-0.15, -0.1) is 0 Å². The van der Waals surface area contributed by atoms with Crippen LogP contribution in [-0.4, -0.2) is 24.3 Å². The van der Waals surface area contributed by atoms with E-state index in [1.807, 2.05) is 6.92 Å². The van der Waals surface area contributed by atoms with Crippen LogP contribution in [0, 0.1) is 5.82 Å². The Morgan fingerprint density at radius 1 is 1.59 bits per heavy atom. The topological polar surface area (TPSA) is 29.5 Å². The summed E-state index contributed by atoms with van der Waals surface area (Å²) in [7, 11) is 0. The Kier molecular flexibility index (Phi) is 3.57. The summed E-state index contributed by atoms with van der Waals surface area (Å²) in [4.78, 5) is 13.4. The molecule has 1 aromatic carbocycles. The zero-order valence-electron chi connectivity index (χ0n) is 9.52. The number of halogens is 1. The van der Waals surface area contributed by atoms with E-state index in [-0.39, 0.29) is 17.0 Å². The van der Waals surface area contributed by atoms with Gasteiger partial charge in [-0.3, -0.25) is 4.79 Å². The van der Waals surface area contributed by atoms with Crippen LogP contribution in [0.2, 0.25) is 0 Å². The average Bonchev–Trinajstić information content (AvgIpc) is 2.59. The molecule has 0 spiro atoms. The van der Waals surface area contributed by atoms with Crippen LogP contribution in [0.4, 0.5) is 10.1 Å². The van der Waals surface area contributed by atoms with Crippen molar-refractivity contribution in [3.8, 4) is 5.75 Å². The first-order valence-electron chi connectivity index (χ1n) is 5.52. The normalized spacial score (nSPS) is 19.8. The molecule has 0 radical (unpaired) electrons. The second kappa shape index (κ2) is 4.96. The van der Waals surface area contributed by atoms with Gasteiger partial charge in [0.2, 0.25) is 5.91 Å². The van der Waals surface area contributed by atoms with Crippen molar-refractivity contribution in [2.24, 2.45) is 0 Å². The van der Waals surface area contributed by atoms with Crippen molar-refractivity contribution in [3.63, 3.8) is 0 Å². The number of carbonyl (C=O) groups excluding carboxylic acids is 1. The molecule has 3 nitrogen and oxygen atoms in total. The molecule has 1 saturated heterocycles. The highest BCUT2D eigenvalue weighted by Crippen LogP contribution is 2.33. The Labute approximate surface area is 105 Å². The van der Waals surface area contributed by atoms with Crippen LogP contribution in [0.3, 0.4) is 0 Å². The van der Waals surface area contributed by atoms with Gasteiger partial charge in [0.15, 0.2) is 0 Å². The van der Waals surface area contributed by atoms with Crippen LogP contribution in [0.5, 0.6) is 5.75 Å². The minimum atomic E-state index is -0.369. The summed E-state index contributed by atoms with van der Waals surface area (Å²) in [6.07, 6.45) is 0.409. The van der Waals surface area contributed by atoms with Crippen LogP contribution in [-0.2, 0) is 4.79 Å². The van der Waals surface area contributed by atoms with E-state index >= 15 is 0 Å². The van der Waals surface area contributed by atoms with Gasteiger partial charge in [-0.2, -0.15) is 12.6 Å². The number of ether oxygens (including phenoxy) is 1. The summed E-state index contributed by atoms with van der Waals surface area (Å²) in [5.41, 5.74) is 0.620. The third-order valence-electron chi connectivity index (χ3n) is 2.62.